The average molecular weight is 475 g/mol. The third-order valence-electron chi connectivity index (χ3n) is 7.74. The summed E-state index contributed by atoms with van der Waals surface area (Å²) in [6.07, 6.45) is 6.78. The number of likely N-dealkylation sites (tertiary alicyclic amines) is 1. The minimum atomic E-state index is 0.158. The molecule has 2 bridgehead atoms. The molecule has 1 aromatic heterocycles. The van der Waals surface area contributed by atoms with Crippen LogP contribution in [0.3, 0.4) is 0 Å². The maximum atomic E-state index is 12.5. The first kappa shape index (κ1) is 23.9. The highest BCUT2D eigenvalue weighted by Gasteiger charge is 2.36. The second-order valence-electron chi connectivity index (χ2n) is 10.3. The number of rotatable bonds is 10. The highest BCUT2D eigenvalue weighted by molar-refractivity contribution is 5.84. The summed E-state index contributed by atoms with van der Waals surface area (Å²) in [6, 6.07) is 17.4. The van der Waals surface area contributed by atoms with Crippen LogP contribution in [0.2, 0.25) is 0 Å². The Bertz CT molecular complexity index is 1110. The molecule has 0 saturated carbocycles. The van der Waals surface area contributed by atoms with Gasteiger partial charge in [-0.25, -0.2) is 0 Å². The molecule has 0 spiro atoms. The van der Waals surface area contributed by atoms with Gasteiger partial charge in [-0.15, -0.1) is 0 Å². The third-order valence-corrected chi connectivity index (χ3v) is 7.74. The Morgan fingerprint density at radius 2 is 2.06 bits per heavy atom. The minimum absolute atomic E-state index is 0.158. The van der Waals surface area contributed by atoms with Crippen molar-refractivity contribution in [2.24, 2.45) is 11.8 Å². The van der Waals surface area contributed by atoms with E-state index in [2.05, 4.69) is 56.9 Å². The molecule has 6 heteroatoms. The Labute approximate surface area is 208 Å². The van der Waals surface area contributed by atoms with Crippen LogP contribution in [-0.2, 0) is 17.8 Å². The van der Waals surface area contributed by atoms with E-state index >= 15 is 0 Å². The molecule has 0 unspecified atom stereocenters. The molecule has 0 radical (unpaired) electrons. The van der Waals surface area contributed by atoms with Gasteiger partial charge in [0.15, 0.2) is 0 Å². The topological polar surface area (TPSA) is 69.4 Å². The molecule has 2 aliphatic rings. The lowest BCUT2D eigenvalue weighted by Crippen LogP contribution is -2.55. The van der Waals surface area contributed by atoms with Gasteiger partial charge in [-0.2, -0.15) is 0 Å². The predicted molar refractivity (Wildman–Crippen MR) is 141 cm³/mol. The number of ether oxygens (including phenoxy) is 1. The number of hydrogen-bond donors (Lipinski definition) is 3. The smallest absolute Gasteiger partial charge is 0.220 e. The summed E-state index contributed by atoms with van der Waals surface area (Å²) < 4.78 is 5.35. The van der Waals surface area contributed by atoms with Crippen LogP contribution < -0.4 is 15.4 Å². The first-order valence-electron chi connectivity index (χ1n) is 13.1. The fourth-order valence-electron chi connectivity index (χ4n) is 5.98. The number of carbonyl (C=O) groups excluding carboxylic acids is 1. The van der Waals surface area contributed by atoms with Crippen LogP contribution >= 0.6 is 0 Å². The first-order chi connectivity index (χ1) is 17.2. The maximum Gasteiger partial charge on any atom is 0.220 e. The van der Waals surface area contributed by atoms with E-state index in [1.807, 2.05) is 18.3 Å². The van der Waals surface area contributed by atoms with Gasteiger partial charge < -0.3 is 20.4 Å². The van der Waals surface area contributed by atoms with E-state index in [0.717, 1.165) is 61.5 Å². The molecular weight excluding hydrogens is 436 g/mol. The molecule has 6 nitrogen and oxygen atoms in total. The monoisotopic (exact) mass is 474 g/mol. The van der Waals surface area contributed by atoms with Crippen molar-refractivity contribution in [3.05, 3.63) is 65.9 Å². The van der Waals surface area contributed by atoms with E-state index in [-0.39, 0.29) is 5.91 Å². The van der Waals surface area contributed by atoms with Crippen molar-refractivity contribution in [1.82, 2.24) is 20.5 Å². The zero-order valence-corrected chi connectivity index (χ0v) is 20.8. The van der Waals surface area contributed by atoms with Gasteiger partial charge in [0.2, 0.25) is 5.91 Å². The van der Waals surface area contributed by atoms with Crippen LogP contribution in [0.25, 0.3) is 10.9 Å². The summed E-state index contributed by atoms with van der Waals surface area (Å²) in [4.78, 5) is 18.4. The van der Waals surface area contributed by atoms with Gasteiger partial charge >= 0.3 is 0 Å². The number of nitrogens with zero attached hydrogens (tertiary/aromatic N) is 1. The van der Waals surface area contributed by atoms with Crippen LogP contribution in [0.1, 0.15) is 36.8 Å². The molecule has 5 rings (SSSR count). The molecule has 2 aromatic carbocycles. The molecular formula is C29H38N4O2. The van der Waals surface area contributed by atoms with Gasteiger partial charge in [-0.3, -0.25) is 9.69 Å². The number of H-pyrrole nitrogens is 1. The number of amides is 1. The second kappa shape index (κ2) is 11.3. The zero-order valence-electron chi connectivity index (χ0n) is 20.8. The van der Waals surface area contributed by atoms with Crippen molar-refractivity contribution in [3.8, 4) is 5.75 Å². The van der Waals surface area contributed by atoms with Crippen LogP contribution in [0.15, 0.2) is 54.7 Å². The molecule has 35 heavy (non-hydrogen) atoms. The number of nitrogens with one attached hydrogen (secondary N) is 3. The van der Waals surface area contributed by atoms with E-state index in [1.54, 1.807) is 7.11 Å². The molecule has 1 amide bonds. The molecule has 2 fully saturated rings. The van der Waals surface area contributed by atoms with Crippen molar-refractivity contribution in [2.45, 2.75) is 44.7 Å². The average Bonchev–Trinajstić information content (AvgIpc) is 3.28. The van der Waals surface area contributed by atoms with Crippen molar-refractivity contribution in [2.75, 3.05) is 33.3 Å². The van der Waals surface area contributed by atoms with Crippen molar-refractivity contribution in [3.63, 3.8) is 0 Å². The Kier molecular flexibility index (Phi) is 7.69. The van der Waals surface area contributed by atoms with Gasteiger partial charge in [0.05, 0.1) is 7.11 Å². The number of aromatic amines is 1. The Balaban J connectivity index is 1.04. The Morgan fingerprint density at radius 1 is 1.17 bits per heavy atom. The summed E-state index contributed by atoms with van der Waals surface area (Å²) in [6.45, 7) is 5.16. The molecule has 2 saturated heterocycles. The van der Waals surface area contributed by atoms with Crippen LogP contribution in [-0.4, -0.2) is 55.1 Å². The molecule has 3 N–H and O–H groups in total. The first-order valence-corrected chi connectivity index (χ1v) is 13.1. The predicted octanol–water partition coefficient (Wildman–Crippen LogP) is 4.12. The number of hydrogen-bond acceptors (Lipinski definition) is 4. The Hall–Kier alpha value is -2.83. The van der Waals surface area contributed by atoms with Crippen molar-refractivity contribution < 1.29 is 9.53 Å². The van der Waals surface area contributed by atoms with E-state index in [9.17, 15) is 4.79 Å². The van der Waals surface area contributed by atoms with Gasteiger partial charge in [-0.1, -0.05) is 30.3 Å². The van der Waals surface area contributed by atoms with Gasteiger partial charge in [0.25, 0.3) is 0 Å². The van der Waals surface area contributed by atoms with E-state index in [1.165, 1.54) is 24.1 Å². The number of methoxy groups -OCH3 is 1. The summed E-state index contributed by atoms with van der Waals surface area (Å²) in [7, 11) is 1.68. The van der Waals surface area contributed by atoms with E-state index in [4.69, 9.17) is 4.74 Å². The highest BCUT2D eigenvalue weighted by atomic mass is 16.5. The highest BCUT2D eigenvalue weighted by Crippen LogP contribution is 2.31. The number of piperidine rings is 2. The Morgan fingerprint density at radius 3 is 2.91 bits per heavy atom. The summed E-state index contributed by atoms with van der Waals surface area (Å²) in [5, 5.41) is 8.07. The fourth-order valence-corrected chi connectivity index (χ4v) is 5.98. The maximum absolute atomic E-state index is 12.5. The molecule has 186 valence electrons. The lowest BCUT2D eigenvalue weighted by Gasteiger charge is -2.46. The molecule has 3 atom stereocenters. The third kappa shape index (κ3) is 6.06. The molecule has 3 aromatic rings. The SMILES string of the molecule is COc1ccc2[nH]cc(CCNC(=O)CCC[C@H]3NC[C@@H]4C[C@H]3CN(Cc3ccccc3)C4)c2c1. The quantitative estimate of drug-likeness (QED) is 0.414. The zero-order chi connectivity index (χ0) is 24.0. The van der Waals surface area contributed by atoms with Crippen LogP contribution in [0, 0.1) is 11.8 Å². The molecule has 0 aliphatic carbocycles. The second-order valence-corrected chi connectivity index (χ2v) is 10.3. The number of carbonyl (C=O) groups is 1. The molecule has 3 heterocycles. The van der Waals surface area contributed by atoms with Gasteiger partial charge in [-0.05, 0) is 73.4 Å². The number of aromatic nitrogens is 1. The molecule has 2 aliphatic heterocycles. The van der Waals surface area contributed by atoms with E-state index < -0.39 is 0 Å². The summed E-state index contributed by atoms with van der Waals surface area (Å²) in [5.41, 5.74) is 3.71. The van der Waals surface area contributed by atoms with Crippen molar-refractivity contribution >= 4 is 16.8 Å². The van der Waals surface area contributed by atoms with Gasteiger partial charge in [0, 0.05) is 55.7 Å². The minimum Gasteiger partial charge on any atom is -0.497 e. The van der Waals surface area contributed by atoms with Crippen LogP contribution in [0.4, 0.5) is 0 Å². The lowest BCUT2D eigenvalue weighted by atomic mass is 9.79. The van der Waals surface area contributed by atoms with Gasteiger partial charge in [0.1, 0.15) is 5.75 Å². The largest absolute Gasteiger partial charge is 0.497 e. The number of fused-ring (bicyclic) bond motifs is 3. The number of benzene rings is 2. The summed E-state index contributed by atoms with van der Waals surface area (Å²) in [5.74, 6) is 2.45. The van der Waals surface area contributed by atoms with Crippen molar-refractivity contribution in [1.29, 1.82) is 0 Å². The normalized spacial score (nSPS) is 22.3. The van der Waals surface area contributed by atoms with E-state index in [0.29, 0.717) is 24.9 Å². The van der Waals surface area contributed by atoms with Crippen LogP contribution in [0.5, 0.6) is 5.75 Å². The summed E-state index contributed by atoms with van der Waals surface area (Å²) >= 11 is 0. The standard InChI is InChI=1S/C29H38N4O2/c1-35-25-10-11-28-26(15-25)23(17-32-28)12-13-30-29(34)9-5-8-27-24-14-22(16-31-27)19-33(20-24)18-21-6-3-2-4-7-21/h2-4,6-7,10-11,15,17,22,24,27,31-32H,5,8-9,12-14,16,18-20H2,1H3,(H,30,34)/t22-,24-,27+/m0/s1. The fraction of sp³-hybridized carbons (Fsp3) is 0.483. The lowest BCUT2D eigenvalue weighted by molar-refractivity contribution is -0.121.